The molecule has 0 radical (unpaired) electrons. The van der Waals surface area contributed by atoms with Crippen LogP contribution >= 0.6 is 71.4 Å². The van der Waals surface area contributed by atoms with Crippen molar-refractivity contribution < 1.29 is 121 Å². The van der Waals surface area contributed by atoms with Crippen molar-refractivity contribution in [2.45, 2.75) is 45.7 Å². The van der Waals surface area contributed by atoms with Gasteiger partial charge in [0.2, 0.25) is 34.4 Å². The number of anilines is 7. The third-order valence-corrected chi connectivity index (χ3v) is 20.2. The SMILES string of the molecule is O=S(=O)(O)c1cc(Nc2nc(Cl)nc(Nc3cccc(CNc4nc(Cl)nc(Nc5cc(SOOO)cc6cc(S(=O)(=O)O)c(/N=N/c7ccc8c(S(=O)(=O)O)cccc8c7SOOO)c(O)c56)n4)c3)n2)c2c(O)c(/N=N/c3ccc4c(SOOO)cccc4c3S(=O)(=O)O)c(SOOO)cc2c1. The van der Waals surface area contributed by atoms with Crippen LogP contribution in [0.4, 0.5) is 63.6 Å². The van der Waals surface area contributed by atoms with Crippen molar-refractivity contribution in [3.63, 3.8) is 0 Å². The van der Waals surface area contributed by atoms with E-state index >= 15 is 0 Å². The zero-order valence-corrected chi connectivity index (χ0v) is 57.8. The van der Waals surface area contributed by atoms with Gasteiger partial charge in [-0.2, -0.15) is 63.6 Å². The van der Waals surface area contributed by atoms with E-state index in [1.807, 2.05) is 0 Å². The first kappa shape index (κ1) is 75.3. The number of benzene rings is 9. The zero-order valence-electron chi connectivity index (χ0n) is 49.8. The zero-order chi connectivity index (χ0) is 73.7. The molecule has 11 aromatic rings. The van der Waals surface area contributed by atoms with Gasteiger partial charge in [-0.05, 0) is 118 Å². The molecule has 0 aliphatic rings. The van der Waals surface area contributed by atoms with Crippen LogP contribution in [0.15, 0.2) is 181 Å². The summed E-state index contributed by atoms with van der Waals surface area (Å²) in [5.74, 6) is -2.98. The minimum absolute atomic E-state index is 0.0287. The molecule has 50 heteroatoms. The molecule has 0 amide bonds. The monoisotopic (exact) mass is 1610 g/mol. The topological polar surface area (TPSA) is 588 Å². The highest BCUT2D eigenvalue weighted by molar-refractivity contribution is 7.95. The van der Waals surface area contributed by atoms with Crippen LogP contribution in [0, 0.1) is 0 Å². The first-order valence-corrected chi connectivity index (χ1v) is 36.6. The van der Waals surface area contributed by atoms with Gasteiger partial charge in [-0.3, -0.25) is 18.2 Å². The van der Waals surface area contributed by atoms with Gasteiger partial charge in [0.15, 0.2) is 11.5 Å². The summed E-state index contributed by atoms with van der Waals surface area (Å²) in [4.78, 5) is 21.9. The highest BCUT2D eigenvalue weighted by Crippen LogP contribution is 2.51. The Balaban J connectivity index is 0.876. The number of nitrogens with zero attached hydrogens (tertiary/aromatic N) is 10. The van der Waals surface area contributed by atoms with E-state index in [-0.39, 0.29) is 128 Å². The van der Waals surface area contributed by atoms with Gasteiger partial charge in [0.25, 0.3) is 40.5 Å². The van der Waals surface area contributed by atoms with E-state index in [1.165, 1.54) is 54.6 Å². The van der Waals surface area contributed by atoms with Crippen molar-refractivity contribution in [1.29, 1.82) is 0 Å². The Morgan fingerprint density at radius 3 is 1.65 bits per heavy atom. The molecule has 14 N–H and O–H groups in total. The largest absolute Gasteiger partial charge is 0.505 e. The number of aromatic nitrogens is 6. The van der Waals surface area contributed by atoms with E-state index in [2.05, 4.69) is 109 Å². The summed E-state index contributed by atoms with van der Waals surface area (Å²) in [6, 6.07) is 25.4. The number of halogens is 2. The Bertz CT molecular complexity index is 5760. The fraction of sp³-hybridized carbons (Fsp3) is 0.0189. The van der Waals surface area contributed by atoms with E-state index in [4.69, 9.17) is 44.2 Å². The quantitative estimate of drug-likeness (QED) is 0.00680. The Morgan fingerprint density at radius 1 is 0.447 bits per heavy atom. The molecular weight excluding hydrogens is 1580 g/mol. The van der Waals surface area contributed by atoms with Gasteiger partial charge < -0.3 is 31.5 Å². The molecule has 536 valence electrons. The number of nitrogens with one attached hydrogen (secondary N) is 4. The predicted molar refractivity (Wildman–Crippen MR) is 363 cm³/mol. The number of hydrogen-bond donors (Lipinski definition) is 14. The van der Waals surface area contributed by atoms with Crippen LogP contribution < -0.4 is 21.3 Å². The smallest absolute Gasteiger partial charge is 0.297 e. The third kappa shape index (κ3) is 17.5. The van der Waals surface area contributed by atoms with Gasteiger partial charge in [-0.25, -0.2) is 21.0 Å². The van der Waals surface area contributed by atoms with E-state index in [0.29, 0.717) is 35.3 Å². The number of fused-ring (bicyclic) bond motifs is 4. The molecule has 0 fully saturated rings. The lowest BCUT2D eigenvalue weighted by atomic mass is 10.1. The molecule has 9 aromatic carbocycles. The molecule has 0 unspecified atom stereocenters. The van der Waals surface area contributed by atoms with Gasteiger partial charge in [-0.15, -0.1) is 37.8 Å². The molecule has 0 bridgehead atoms. The molecule has 0 saturated heterocycles. The highest BCUT2D eigenvalue weighted by Gasteiger charge is 2.29. The number of rotatable bonds is 29. The molecule has 11 rings (SSSR count). The number of phenols is 2. The Kier molecular flexibility index (Phi) is 23.1. The number of azo groups is 2. The molecule has 2 aromatic heterocycles. The third-order valence-electron chi connectivity index (χ3n) is 13.7. The predicted octanol–water partition coefficient (Wildman–Crippen LogP) is 13.8. The van der Waals surface area contributed by atoms with Crippen molar-refractivity contribution in [1.82, 2.24) is 29.9 Å². The first-order valence-electron chi connectivity index (χ1n) is 27.1. The van der Waals surface area contributed by atoms with Crippen molar-refractivity contribution in [2.75, 3.05) is 21.3 Å². The summed E-state index contributed by atoms with van der Waals surface area (Å²) in [6.45, 7) is -0.0662. The number of aromatic hydroxyl groups is 2. The second kappa shape index (κ2) is 31.6. The van der Waals surface area contributed by atoms with Gasteiger partial charge in [0.05, 0.1) is 74.2 Å². The molecule has 103 heavy (non-hydrogen) atoms. The minimum Gasteiger partial charge on any atom is -0.505 e. The lowest BCUT2D eigenvalue weighted by molar-refractivity contribution is -0.432. The van der Waals surface area contributed by atoms with Crippen LogP contribution in [0.3, 0.4) is 0 Å². The van der Waals surface area contributed by atoms with Gasteiger partial charge >= 0.3 is 0 Å². The number of hydrogen-bond acceptors (Lipinski definition) is 40. The summed E-state index contributed by atoms with van der Waals surface area (Å²) in [5.41, 5.74) is -1.88. The van der Waals surface area contributed by atoms with Gasteiger partial charge in [0.1, 0.15) is 37.4 Å². The molecular formula is C53H36Cl2N14O26S8. The van der Waals surface area contributed by atoms with Crippen LogP contribution in [0.25, 0.3) is 43.1 Å². The minimum atomic E-state index is -5.30. The first-order chi connectivity index (χ1) is 49.0. The van der Waals surface area contributed by atoms with E-state index < -0.39 is 105 Å². The summed E-state index contributed by atoms with van der Waals surface area (Å²) in [5, 5.41) is 101. The van der Waals surface area contributed by atoms with Crippen molar-refractivity contribution in [2.24, 2.45) is 20.5 Å². The van der Waals surface area contributed by atoms with Gasteiger partial charge in [0, 0.05) is 49.0 Å². The summed E-state index contributed by atoms with van der Waals surface area (Å²) in [6.07, 6.45) is 0. The molecule has 0 saturated carbocycles. The average Bonchev–Trinajstić information content (AvgIpc) is 0.765. The fourth-order valence-corrected chi connectivity index (χ4v) is 14.9. The lowest BCUT2D eigenvalue weighted by Crippen LogP contribution is -2.08. The van der Waals surface area contributed by atoms with Crippen LogP contribution in [-0.2, 0) is 84.5 Å². The molecule has 0 spiro atoms. The van der Waals surface area contributed by atoms with Crippen molar-refractivity contribution in [3.05, 3.63) is 137 Å². The maximum Gasteiger partial charge on any atom is 0.297 e. The molecule has 0 aliphatic carbocycles. The summed E-state index contributed by atoms with van der Waals surface area (Å²) < 4.78 is 161. The van der Waals surface area contributed by atoms with Crippen molar-refractivity contribution >= 4 is 219 Å². The van der Waals surface area contributed by atoms with Crippen LogP contribution in [0.2, 0.25) is 10.6 Å². The van der Waals surface area contributed by atoms with E-state index in [0.717, 1.165) is 42.5 Å². The van der Waals surface area contributed by atoms with Crippen LogP contribution in [-0.4, -0.2) is 113 Å². The maximum absolute atomic E-state index is 13.0. The Hall–Kier alpha value is -8.82. The Morgan fingerprint density at radius 2 is 0.990 bits per heavy atom. The standard InChI is InChI=1S/C53H36Cl2N14O26S8/c54-48-60-50(64-52(62-48)58-34-19-26(96-92-88-72)15-23-18-39(102(82,83)84)43(45(71)40(23)34)69-66-32-12-11-29-30(46(32)99-95-91-75)6-3-9-38(29)101(79,80)81)56-21-22-4-1-5-25(14-22)57-51-61-49(55)63-53(65-51)59-35-20-27(100(76,77)78)16-24-17-37(98-94-90-74)42(44(70)41(24)35)68-67-33-13-10-28-31(47(33)103(85,86)87)7-2-8-36(28)97-93-89-73/h1-20,70-75H,21H2,(H,76,77,78)(H,79,80,81)(H,82,83,84)(H,85,86,87)(H2,56,58,60,62,64)(H2,57,59,61,63,65)/b68-67+,69-66+. The maximum atomic E-state index is 13.0. The second-order valence-electron chi connectivity index (χ2n) is 19.9. The molecule has 0 aliphatic heterocycles. The number of phenolic OH excluding ortho intramolecular Hbond substituents is 2. The van der Waals surface area contributed by atoms with Crippen molar-refractivity contribution in [3.8, 4) is 11.5 Å². The summed E-state index contributed by atoms with van der Waals surface area (Å²) in [7, 11) is -20.3. The Labute approximate surface area is 601 Å². The van der Waals surface area contributed by atoms with E-state index in [1.54, 1.807) is 24.3 Å². The molecule has 2 heterocycles. The fourth-order valence-electron chi connectivity index (χ4n) is 9.83. The van der Waals surface area contributed by atoms with Crippen LogP contribution in [0.1, 0.15) is 5.56 Å². The molecule has 40 nitrogen and oxygen atoms in total. The van der Waals surface area contributed by atoms with E-state index in [9.17, 15) is 62.1 Å². The molecule has 0 atom stereocenters. The second-order valence-corrected chi connectivity index (χ2v) is 29.2. The summed E-state index contributed by atoms with van der Waals surface area (Å²) >= 11 is 14.2. The van der Waals surface area contributed by atoms with Gasteiger partial charge in [-0.1, -0.05) is 68.7 Å². The van der Waals surface area contributed by atoms with Crippen LogP contribution in [0.5, 0.6) is 11.5 Å². The lowest BCUT2D eigenvalue weighted by Gasteiger charge is -2.16. The average molecular weight is 1610 g/mol. The highest BCUT2D eigenvalue weighted by atomic mass is 35.5. The normalized spacial score (nSPS) is 12.4.